The molecule has 3 nitrogen and oxygen atoms in total. The average Bonchev–Trinajstić information content (AvgIpc) is 3.29. The summed E-state index contributed by atoms with van der Waals surface area (Å²) in [5.74, 6) is 0.502. The van der Waals surface area contributed by atoms with Gasteiger partial charge in [0.2, 0.25) is 5.95 Å². The molecule has 1 aliphatic carbocycles. The summed E-state index contributed by atoms with van der Waals surface area (Å²) in [6.45, 7) is 0. The molecule has 2 aromatic heterocycles. The topological polar surface area (TPSA) is 30.7 Å². The van der Waals surface area contributed by atoms with Crippen LogP contribution in [0.3, 0.4) is 0 Å². The van der Waals surface area contributed by atoms with E-state index in [1.807, 2.05) is 47.3 Å². The van der Waals surface area contributed by atoms with Gasteiger partial charge < -0.3 is 0 Å². The molecule has 0 amide bonds. The van der Waals surface area contributed by atoms with Crippen molar-refractivity contribution in [2.45, 2.75) is 5.92 Å². The first-order valence-electron chi connectivity index (χ1n) is 7.43. The van der Waals surface area contributed by atoms with Crippen LogP contribution in [0.25, 0.3) is 17.2 Å². The monoisotopic (exact) mass is 303 g/mol. The van der Waals surface area contributed by atoms with E-state index in [0.29, 0.717) is 5.95 Å². The third-order valence-corrected chi connectivity index (χ3v) is 3.80. The molecule has 112 valence electrons. The first-order chi connectivity index (χ1) is 11.3. The Morgan fingerprint density at radius 1 is 0.913 bits per heavy atom. The van der Waals surface area contributed by atoms with Crippen LogP contribution >= 0.6 is 0 Å². The number of nitrogens with zero attached hydrogens (tertiary/aromatic N) is 3. The van der Waals surface area contributed by atoms with Gasteiger partial charge in [-0.2, -0.15) is 0 Å². The number of hydrogen-bond acceptors (Lipinski definition) is 2. The molecule has 23 heavy (non-hydrogen) atoms. The van der Waals surface area contributed by atoms with Crippen LogP contribution in [0.5, 0.6) is 0 Å². The molecule has 1 aromatic carbocycles. The van der Waals surface area contributed by atoms with E-state index in [0.717, 1.165) is 17.0 Å². The highest BCUT2D eigenvalue weighted by Gasteiger charge is 2.14. The molecule has 0 radical (unpaired) electrons. The van der Waals surface area contributed by atoms with E-state index in [9.17, 15) is 4.39 Å². The fourth-order valence-corrected chi connectivity index (χ4v) is 2.60. The molecule has 0 fully saturated rings. The molecular formula is C19H14FN3. The van der Waals surface area contributed by atoms with Crippen molar-refractivity contribution < 1.29 is 4.39 Å². The van der Waals surface area contributed by atoms with Crippen molar-refractivity contribution in [1.82, 2.24) is 14.5 Å². The molecular weight excluding hydrogens is 289 g/mol. The van der Waals surface area contributed by atoms with Crippen LogP contribution in [0.4, 0.5) is 4.39 Å². The van der Waals surface area contributed by atoms with Crippen molar-refractivity contribution in [3.63, 3.8) is 0 Å². The van der Waals surface area contributed by atoms with Crippen molar-refractivity contribution in [1.29, 1.82) is 0 Å². The van der Waals surface area contributed by atoms with Gasteiger partial charge in [-0.15, -0.1) is 0 Å². The van der Waals surface area contributed by atoms with Crippen LogP contribution < -0.4 is 0 Å². The highest BCUT2D eigenvalue weighted by atomic mass is 19.1. The van der Waals surface area contributed by atoms with Crippen LogP contribution in [-0.2, 0) is 0 Å². The molecule has 1 aliphatic rings. The van der Waals surface area contributed by atoms with Crippen LogP contribution in [0, 0.1) is 5.82 Å². The fourth-order valence-electron chi connectivity index (χ4n) is 2.60. The minimum Gasteiger partial charge on any atom is -0.293 e. The SMILES string of the molecule is Fc1ccc(-c2cc(C3C=CC=C3)nc(-n3cccc3)n2)cc1. The summed E-state index contributed by atoms with van der Waals surface area (Å²) in [5, 5.41) is 0. The Hall–Kier alpha value is -3.01. The molecule has 0 spiro atoms. The zero-order valence-electron chi connectivity index (χ0n) is 12.3. The summed E-state index contributed by atoms with van der Waals surface area (Å²) < 4.78 is 15.0. The average molecular weight is 303 g/mol. The molecule has 0 saturated carbocycles. The lowest BCUT2D eigenvalue weighted by atomic mass is 10.0. The molecule has 0 aliphatic heterocycles. The summed E-state index contributed by atoms with van der Waals surface area (Å²) in [5.41, 5.74) is 2.58. The number of benzene rings is 1. The molecule has 2 heterocycles. The highest BCUT2D eigenvalue weighted by molar-refractivity contribution is 5.60. The Morgan fingerprint density at radius 3 is 2.30 bits per heavy atom. The van der Waals surface area contributed by atoms with Gasteiger partial charge in [-0.05, 0) is 42.5 Å². The predicted molar refractivity (Wildman–Crippen MR) is 87.8 cm³/mol. The molecule has 0 unspecified atom stereocenters. The fraction of sp³-hybridized carbons (Fsp3) is 0.0526. The zero-order chi connectivity index (χ0) is 15.6. The first-order valence-corrected chi connectivity index (χ1v) is 7.43. The van der Waals surface area contributed by atoms with Gasteiger partial charge in [-0.3, -0.25) is 4.57 Å². The number of aromatic nitrogens is 3. The summed E-state index contributed by atoms with van der Waals surface area (Å²) in [6, 6.07) is 12.2. The lowest BCUT2D eigenvalue weighted by Crippen LogP contribution is -2.05. The van der Waals surface area contributed by atoms with Gasteiger partial charge in [-0.25, -0.2) is 14.4 Å². The predicted octanol–water partition coefficient (Wildman–Crippen LogP) is 4.28. The van der Waals surface area contributed by atoms with Crippen molar-refractivity contribution in [2.75, 3.05) is 0 Å². The largest absolute Gasteiger partial charge is 0.293 e. The van der Waals surface area contributed by atoms with Gasteiger partial charge in [-0.1, -0.05) is 24.3 Å². The Kier molecular flexibility index (Phi) is 3.35. The van der Waals surface area contributed by atoms with Crippen LogP contribution in [-0.4, -0.2) is 14.5 Å². The third kappa shape index (κ3) is 2.71. The maximum atomic E-state index is 13.2. The number of rotatable bonds is 3. The van der Waals surface area contributed by atoms with E-state index in [4.69, 9.17) is 0 Å². The maximum absolute atomic E-state index is 13.2. The van der Waals surface area contributed by atoms with Gasteiger partial charge in [0.1, 0.15) is 5.82 Å². The smallest absolute Gasteiger partial charge is 0.234 e. The van der Waals surface area contributed by atoms with E-state index in [2.05, 4.69) is 22.1 Å². The van der Waals surface area contributed by atoms with Crippen molar-refractivity contribution in [3.8, 4) is 17.2 Å². The Labute approximate surface area is 133 Å². The first kappa shape index (κ1) is 13.6. The van der Waals surface area contributed by atoms with E-state index in [1.54, 1.807) is 12.1 Å². The van der Waals surface area contributed by atoms with Crippen molar-refractivity contribution in [2.24, 2.45) is 0 Å². The van der Waals surface area contributed by atoms with Gasteiger partial charge in [0.15, 0.2) is 0 Å². The standard InChI is InChI=1S/C19H14FN3/c20-16-9-7-15(8-10-16)18-13-17(14-5-1-2-6-14)21-19(22-18)23-11-3-4-12-23/h1-14H. The Balaban J connectivity index is 1.86. The maximum Gasteiger partial charge on any atom is 0.234 e. The van der Waals surface area contributed by atoms with Gasteiger partial charge in [0.05, 0.1) is 11.4 Å². The summed E-state index contributed by atoms with van der Waals surface area (Å²) in [4.78, 5) is 9.30. The highest BCUT2D eigenvalue weighted by Crippen LogP contribution is 2.26. The second-order valence-corrected chi connectivity index (χ2v) is 5.37. The number of hydrogen-bond donors (Lipinski definition) is 0. The second-order valence-electron chi connectivity index (χ2n) is 5.37. The van der Waals surface area contributed by atoms with E-state index in [1.165, 1.54) is 12.1 Å². The minimum atomic E-state index is -0.254. The number of allylic oxidation sites excluding steroid dienone is 4. The normalized spacial score (nSPS) is 13.8. The molecule has 0 bridgehead atoms. The van der Waals surface area contributed by atoms with Crippen LogP contribution in [0.2, 0.25) is 0 Å². The second kappa shape index (κ2) is 5.65. The Morgan fingerprint density at radius 2 is 1.61 bits per heavy atom. The molecule has 3 aromatic rings. The lowest BCUT2D eigenvalue weighted by molar-refractivity contribution is 0.628. The zero-order valence-corrected chi connectivity index (χ0v) is 12.3. The summed E-state index contributed by atoms with van der Waals surface area (Å²) in [6.07, 6.45) is 12.0. The minimum absolute atomic E-state index is 0.145. The van der Waals surface area contributed by atoms with E-state index in [-0.39, 0.29) is 11.7 Å². The van der Waals surface area contributed by atoms with E-state index < -0.39 is 0 Å². The van der Waals surface area contributed by atoms with Crippen LogP contribution in [0.15, 0.2) is 79.2 Å². The van der Waals surface area contributed by atoms with Gasteiger partial charge >= 0.3 is 0 Å². The third-order valence-electron chi connectivity index (χ3n) is 3.80. The molecule has 4 rings (SSSR count). The van der Waals surface area contributed by atoms with Crippen molar-refractivity contribution >= 4 is 0 Å². The van der Waals surface area contributed by atoms with Gasteiger partial charge in [0.25, 0.3) is 0 Å². The summed E-state index contributed by atoms with van der Waals surface area (Å²) in [7, 11) is 0. The van der Waals surface area contributed by atoms with Gasteiger partial charge in [0, 0.05) is 23.9 Å². The summed E-state index contributed by atoms with van der Waals surface area (Å²) >= 11 is 0. The molecule has 4 heteroatoms. The number of halogens is 1. The lowest BCUT2D eigenvalue weighted by Gasteiger charge is -2.11. The quantitative estimate of drug-likeness (QED) is 0.723. The Bertz CT molecular complexity index is 865. The van der Waals surface area contributed by atoms with Crippen molar-refractivity contribution in [3.05, 3.63) is 90.7 Å². The van der Waals surface area contributed by atoms with Crippen LogP contribution in [0.1, 0.15) is 11.6 Å². The molecule has 0 atom stereocenters. The molecule has 0 N–H and O–H groups in total. The van der Waals surface area contributed by atoms with E-state index >= 15 is 0 Å². The molecule has 0 saturated heterocycles.